The Hall–Kier alpha value is -3.18. The normalized spacial score (nSPS) is 13.1. The van der Waals surface area contributed by atoms with E-state index < -0.39 is 57.7 Å². The van der Waals surface area contributed by atoms with Gasteiger partial charge >= 0.3 is 18.3 Å². The lowest BCUT2D eigenvalue weighted by Crippen LogP contribution is -2.54. The quantitative estimate of drug-likeness (QED) is 0.465. The number of alkyl halides is 8. The first kappa shape index (κ1) is 24.1. The van der Waals surface area contributed by atoms with Gasteiger partial charge in [0.2, 0.25) is 5.41 Å². The zero-order chi connectivity index (χ0) is 23.8. The van der Waals surface area contributed by atoms with Crippen molar-refractivity contribution in [2.45, 2.75) is 30.6 Å². The van der Waals surface area contributed by atoms with Crippen molar-refractivity contribution in [2.75, 3.05) is 0 Å². The molecule has 0 amide bonds. The van der Waals surface area contributed by atoms with E-state index in [9.17, 15) is 44.7 Å². The van der Waals surface area contributed by atoms with E-state index in [1.807, 2.05) is 0 Å². The summed E-state index contributed by atoms with van der Waals surface area (Å²) in [6.07, 6.45) is -12.2. The van der Waals surface area contributed by atoms with E-state index in [2.05, 4.69) is 4.74 Å². The molecule has 0 bridgehead atoms. The van der Waals surface area contributed by atoms with Gasteiger partial charge in [0, 0.05) is 6.92 Å². The van der Waals surface area contributed by atoms with E-state index in [1.54, 1.807) is 0 Å². The summed E-state index contributed by atoms with van der Waals surface area (Å²) in [6, 6.07) is 2.31. The molecule has 0 radical (unpaired) electrons. The zero-order valence-corrected chi connectivity index (χ0v) is 15.3. The van der Waals surface area contributed by atoms with Crippen molar-refractivity contribution in [3.05, 3.63) is 64.7 Å². The van der Waals surface area contributed by atoms with E-state index in [-0.39, 0.29) is 25.5 Å². The number of carboxylic acids is 1. The third-order valence-electron chi connectivity index (χ3n) is 4.48. The van der Waals surface area contributed by atoms with Gasteiger partial charge in [-0.1, -0.05) is 18.2 Å². The maximum absolute atomic E-state index is 14.1. The van der Waals surface area contributed by atoms with Gasteiger partial charge in [-0.05, 0) is 35.4 Å². The maximum atomic E-state index is 14.1. The Morgan fingerprint density at radius 2 is 1.35 bits per heavy atom. The molecule has 0 unspecified atom stereocenters. The van der Waals surface area contributed by atoms with Gasteiger partial charge in [-0.25, -0.2) is 13.6 Å². The molecule has 0 atom stereocenters. The number of hydrogen-bond donors (Lipinski definition) is 1. The molecular formula is C19H12F8O4. The molecule has 0 saturated heterocycles. The molecular weight excluding hydrogens is 444 g/mol. The Labute approximate surface area is 169 Å². The Morgan fingerprint density at radius 3 is 1.74 bits per heavy atom. The second-order valence-electron chi connectivity index (χ2n) is 6.44. The lowest BCUT2D eigenvalue weighted by Gasteiger charge is -2.38. The third kappa shape index (κ3) is 4.19. The van der Waals surface area contributed by atoms with Crippen LogP contribution in [-0.4, -0.2) is 29.9 Å². The number of carbonyl (C=O) groups is 2. The van der Waals surface area contributed by atoms with Crippen molar-refractivity contribution in [3.8, 4) is 5.75 Å². The van der Waals surface area contributed by atoms with Gasteiger partial charge in [0.05, 0.1) is 11.1 Å². The number of aromatic carboxylic acids is 1. The first-order chi connectivity index (χ1) is 14.1. The number of rotatable bonds is 6. The molecule has 0 aliphatic rings. The SMILES string of the molecule is CC(F)(F)c1cc(C(c2ccc(C(=O)O)cc2)(C(F)(F)F)C(F)(F)F)ccc1OC=O. The predicted octanol–water partition coefficient (Wildman–Crippen LogP) is 5.44. The summed E-state index contributed by atoms with van der Waals surface area (Å²) in [7, 11) is 0. The van der Waals surface area contributed by atoms with Crippen LogP contribution in [0.3, 0.4) is 0 Å². The highest BCUT2D eigenvalue weighted by Gasteiger charge is 2.72. The van der Waals surface area contributed by atoms with Gasteiger partial charge in [0.1, 0.15) is 5.75 Å². The van der Waals surface area contributed by atoms with Crippen molar-refractivity contribution in [1.82, 2.24) is 0 Å². The second-order valence-corrected chi connectivity index (χ2v) is 6.44. The van der Waals surface area contributed by atoms with Crippen LogP contribution in [0, 0.1) is 0 Å². The summed E-state index contributed by atoms with van der Waals surface area (Å²) in [6.45, 7) is -0.107. The van der Waals surface area contributed by atoms with Crippen molar-refractivity contribution in [1.29, 1.82) is 0 Å². The summed E-state index contributed by atoms with van der Waals surface area (Å²) in [5.74, 6) is -6.49. The molecule has 0 saturated carbocycles. The van der Waals surface area contributed by atoms with Crippen LogP contribution in [-0.2, 0) is 16.1 Å². The highest BCUT2D eigenvalue weighted by atomic mass is 19.4. The van der Waals surface area contributed by atoms with E-state index in [4.69, 9.17) is 5.11 Å². The van der Waals surface area contributed by atoms with Gasteiger partial charge < -0.3 is 9.84 Å². The van der Waals surface area contributed by atoms with Crippen LogP contribution in [0.5, 0.6) is 5.75 Å². The molecule has 2 rings (SSSR count). The molecule has 1 N–H and O–H groups in total. The van der Waals surface area contributed by atoms with Crippen molar-refractivity contribution in [2.24, 2.45) is 0 Å². The summed E-state index contributed by atoms with van der Waals surface area (Å²) >= 11 is 0. The minimum Gasteiger partial charge on any atom is -0.478 e. The van der Waals surface area contributed by atoms with Crippen LogP contribution in [0.15, 0.2) is 42.5 Å². The number of halogens is 8. The van der Waals surface area contributed by atoms with E-state index in [0.717, 1.165) is 0 Å². The molecule has 0 aromatic heterocycles. The standard InChI is InChI=1S/C19H12F8O4/c1-16(20,21)13-8-12(6-7-14(13)31-9-28)17(18(22,23)24,19(25,26)27)11-4-2-10(3-5-11)15(29)30/h2-9H,1H3,(H,29,30). The van der Waals surface area contributed by atoms with Crippen molar-refractivity contribution >= 4 is 12.4 Å². The van der Waals surface area contributed by atoms with E-state index in [0.29, 0.717) is 30.3 Å². The fourth-order valence-electron chi connectivity index (χ4n) is 3.11. The lowest BCUT2D eigenvalue weighted by molar-refractivity contribution is -0.288. The molecule has 0 aliphatic heterocycles. The van der Waals surface area contributed by atoms with Gasteiger partial charge in [0.15, 0.2) is 0 Å². The molecule has 0 fully saturated rings. The third-order valence-corrected chi connectivity index (χ3v) is 4.48. The van der Waals surface area contributed by atoms with Crippen LogP contribution >= 0.6 is 0 Å². The number of ether oxygens (including phenoxy) is 1. The number of carboxylic acid groups (broad SMARTS) is 1. The topological polar surface area (TPSA) is 63.6 Å². The predicted molar refractivity (Wildman–Crippen MR) is 89.0 cm³/mol. The first-order valence-corrected chi connectivity index (χ1v) is 8.17. The molecule has 4 nitrogen and oxygen atoms in total. The largest absolute Gasteiger partial charge is 0.478 e. The van der Waals surface area contributed by atoms with Gasteiger partial charge in [0.25, 0.3) is 12.4 Å². The van der Waals surface area contributed by atoms with Gasteiger partial charge in [-0.3, -0.25) is 4.79 Å². The number of hydrogen-bond acceptors (Lipinski definition) is 3. The molecule has 168 valence electrons. The number of carbonyl (C=O) groups excluding carboxylic acids is 1. The summed E-state index contributed by atoms with van der Waals surface area (Å²) < 4.78 is 117. The smallest absolute Gasteiger partial charge is 0.411 e. The van der Waals surface area contributed by atoms with Crippen molar-refractivity contribution in [3.63, 3.8) is 0 Å². The molecule has 0 heterocycles. The minimum atomic E-state index is -6.08. The Balaban J connectivity index is 2.96. The van der Waals surface area contributed by atoms with Crippen LogP contribution in [0.4, 0.5) is 35.1 Å². The maximum Gasteiger partial charge on any atom is 0.411 e. The van der Waals surface area contributed by atoms with E-state index in [1.165, 1.54) is 0 Å². The molecule has 0 spiro atoms. The Morgan fingerprint density at radius 1 is 0.871 bits per heavy atom. The fraction of sp³-hybridized carbons (Fsp3) is 0.263. The highest BCUT2D eigenvalue weighted by Crippen LogP contribution is 2.57. The average molecular weight is 456 g/mol. The fourth-order valence-corrected chi connectivity index (χ4v) is 3.11. The van der Waals surface area contributed by atoms with Crippen LogP contribution < -0.4 is 4.74 Å². The molecule has 2 aromatic rings. The van der Waals surface area contributed by atoms with E-state index >= 15 is 0 Å². The molecule has 31 heavy (non-hydrogen) atoms. The Kier molecular flexibility index (Phi) is 6.08. The van der Waals surface area contributed by atoms with Gasteiger partial charge in [-0.2, -0.15) is 26.3 Å². The lowest BCUT2D eigenvalue weighted by atomic mass is 9.72. The molecule has 12 heteroatoms. The summed E-state index contributed by atoms with van der Waals surface area (Å²) in [5.41, 5.74) is -9.80. The van der Waals surface area contributed by atoms with Crippen LogP contribution in [0.1, 0.15) is 34.0 Å². The zero-order valence-electron chi connectivity index (χ0n) is 15.3. The van der Waals surface area contributed by atoms with Crippen molar-refractivity contribution < 1.29 is 54.6 Å². The Bertz CT molecular complexity index is 958. The number of benzene rings is 2. The minimum absolute atomic E-state index is 0.0368. The first-order valence-electron chi connectivity index (χ1n) is 8.17. The monoisotopic (exact) mass is 456 g/mol. The average Bonchev–Trinajstić information content (AvgIpc) is 2.60. The molecule has 2 aromatic carbocycles. The van der Waals surface area contributed by atoms with Crippen LogP contribution in [0.2, 0.25) is 0 Å². The van der Waals surface area contributed by atoms with Crippen LogP contribution in [0.25, 0.3) is 0 Å². The summed E-state index contributed by atoms with van der Waals surface area (Å²) in [4.78, 5) is 21.4. The van der Waals surface area contributed by atoms with Gasteiger partial charge in [-0.15, -0.1) is 0 Å². The second kappa shape index (κ2) is 7.82. The summed E-state index contributed by atoms with van der Waals surface area (Å²) in [5, 5.41) is 8.85. The highest BCUT2D eigenvalue weighted by molar-refractivity contribution is 5.87. The molecule has 0 aliphatic carbocycles.